The molecule has 0 aliphatic carbocycles. The van der Waals surface area contributed by atoms with Crippen LogP contribution in [0, 0.1) is 6.92 Å². The van der Waals surface area contributed by atoms with E-state index in [0.717, 1.165) is 11.4 Å². The minimum atomic E-state index is -0.270. The van der Waals surface area contributed by atoms with Crippen LogP contribution in [0.15, 0.2) is 36.9 Å². The lowest BCUT2D eigenvalue weighted by molar-refractivity contribution is -0.111. The van der Waals surface area contributed by atoms with Crippen molar-refractivity contribution in [1.29, 1.82) is 0 Å². The normalized spacial score (nSPS) is 10.1. The number of benzene rings is 1. The van der Waals surface area contributed by atoms with Gasteiger partial charge in [-0.25, -0.2) is 0 Å². The smallest absolute Gasteiger partial charge is 0.249 e. The predicted molar refractivity (Wildman–Crippen MR) is 72.7 cm³/mol. The third-order valence-corrected chi connectivity index (χ3v) is 3.20. The number of anilines is 1. The highest BCUT2D eigenvalue weighted by Gasteiger charge is 2.06. The van der Waals surface area contributed by atoms with Crippen LogP contribution in [-0.2, 0) is 11.2 Å². The Morgan fingerprint density at radius 3 is 2.78 bits per heavy atom. The number of hydrogen-bond donors (Lipinski definition) is 1. The van der Waals surface area contributed by atoms with Crippen LogP contribution in [0.1, 0.15) is 16.1 Å². The molecule has 0 aliphatic heterocycles. The number of rotatable bonds is 4. The maximum Gasteiger partial charge on any atom is 0.249 e. The van der Waals surface area contributed by atoms with Crippen LogP contribution in [-0.4, -0.2) is 16.1 Å². The molecule has 1 aromatic heterocycles. The Labute approximate surface area is 109 Å². The molecule has 0 aliphatic rings. The van der Waals surface area contributed by atoms with Gasteiger partial charge in [-0.1, -0.05) is 47.7 Å². The number of carbonyl (C=O) groups is 1. The fourth-order valence-corrected chi connectivity index (χ4v) is 2.19. The SMILES string of the molecule is C=CC(=O)Nc1nnc(Cc2ccc(C)cc2)s1. The molecule has 0 saturated carbocycles. The summed E-state index contributed by atoms with van der Waals surface area (Å²) in [6, 6.07) is 8.27. The molecule has 0 unspecified atom stereocenters. The minimum Gasteiger partial charge on any atom is -0.297 e. The van der Waals surface area contributed by atoms with Crippen LogP contribution in [0.5, 0.6) is 0 Å². The van der Waals surface area contributed by atoms with Crippen LogP contribution < -0.4 is 5.32 Å². The second-order valence-electron chi connectivity index (χ2n) is 3.86. The van der Waals surface area contributed by atoms with E-state index >= 15 is 0 Å². The summed E-state index contributed by atoms with van der Waals surface area (Å²) < 4.78 is 0. The Balaban J connectivity index is 2.04. The number of hydrogen-bond acceptors (Lipinski definition) is 4. The van der Waals surface area contributed by atoms with Crippen molar-refractivity contribution in [2.45, 2.75) is 13.3 Å². The molecule has 1 N–H and O–H groups in total. The van der Waals surface area contributed by atoms with Crippen molar-refractivity contribution in [3.05, 3.63) is 53.1 Å². The number of amides is 1. The fourth-order valence-electron chi connectivity index (χ4n) is 1.41. The molecule has 1 heterocycles. The van der Waals surface area contributed by atoms with Crippen molar-refractivity contribution in [2.24, 2.45) is 0 Å². The number of carbonyl (C=O) groups excluding carboxylic acids is 1. The zero-order valence-corrected chi connectivity index (χ0v) is 10.8. The summed E-state index contributed by atoms with van der Waals surface area (Å²) in [5.74, 6) is -0.270. The third-order valence-electron chi connectivity index (χ3n) is 2.36. The van der Waals surface area contributed by atoms with Gasteiger partial charge in [0.05, 0.1) is 0 Å². The molecule has 4 nitrogen and oxygen atoms in total. The first-order chi connectivity index (χ1) is 8.67. The second kappa shape index (κ2) is 5.55. The highest BCUT2D eigenvalue weighted by Crippen LogP contribution is 2.18. The van der Waals surface area contributed by atoms with Gasteiger partial charge < -0.3 is 0 Å². The third kappa shape index (κ3) is 3.24. The molecular formula is C13H13N3OS. The van der Waals surface area contributed by atoms with Crippen molar-refractivity contribution in [2.75, 3.05) is 5.32 Å². The van der Waals surface area contributed by atoms with Gasteiger partial charge in [-0.3, -0.25) is 10.1 Å². The molecule has 92 valence electrons. The zero-order chi connectivity index (χ0) is 13.0. The van der Waals surface area contributed by atoms with E-state index in [1.807, 2.05) is 0 Å². The summed E-state index contributed by atoms with van der Waals surface area (Å²) in [5, 5.41) is 11.9. The second-order valence-corrected chi connectivity index (χ2v) is 4.92. The van der Waals surface area contributed by atoms with Crippen LogP contribution >= 0.6 is 11.3 Å². The Morgan fingerprint density at radius 2 is 2.11 bits per heavy atom. The van der Waals surface area contributed by atoms with Gasteiger partial charge in [0.15, 0.2) is 0 Å². The lowest BCUT2D eigenvalue weighted by Crippen LogP contribution is -2.06. The minimum absolute atomic E-state index is 0.270. The molecule has 0 fully saturated rings. The van der Waals surface area contributed by atoms with Crippen LogP contribution in [0.25, 0.3) is 0 Å². The van der Waals surface area contributed by atoms with Crippen molar-refractivity contribution >= 4 is 22.4 Å². The molecule has 5 heteroatoms. The number of nitrogens with zero attached hydrogens (tertiary/aromatic N) is 2. The van der Waals surface area contributed by atoms with Gasteiger partial charge >= 0.3 is 0 Å². The molecule has 0 atom stereocenters. The number of aryl methyl sites for hydroxylation is 1. The zero-order valence-electron chi connectivity index (χ0n) is 10.0. The monoisotopic (exact) mass is 259 g/mol. The fraction of sp³-hybridized carbons (Fsp3) is 0.154. The summed E-state index contributed by atoms with van der Waals surface area (Å²) >= 11 is 1.37. The van der Waals surface area contributed by atoms with E-state index < -0.39 is 0 Å². The lowest BCUT2D eigenvalue weighted by atomic mass is 10.1. The first-order valence-corrected chi connectivity index (χ1v) is 6.30. The molecule has 2 rings (SSSR count). The van der Waals surface area contributed by atoms with E-state index in [9.17, 15) is 4.79 Å². The molecule has 18 heavy (non-hydrogen) atoms. The van der Waals surface area contributed by atoms with Crippen molar-refractivity contribution < 1.29 is 4.79 Å². The predicted octanol–water partition coefficient (Wildman–Crippen LogP) is 2.56. The van der Waals surface area contributed by atoms with Gasteiger partial charge in [-0.15, -0.1) is 10.2 Å². The van der Waals surface area contributed by atoms with Gasteiger partial charge in [-0.2, -0.15) is 0 Å². The largest absolute Gasteiger partial charge is 0.297 e. The Kier molecular flexibility index (Phi) is 3.84. The standard InChI is InChI=1S/C13H13N3OS/c1-3-11(17)14-13-16-15-12(18-13)8-10-6-4-9(2)5-7-10/h3-7H,1,8H2,2H3,(H,14,16,17). The summed E-state index contributed by atoms with van der Waals surface area (Å²) in [5.41, 5.74) is 2.41. The average Bonchev–Trinajstić information content (AvgIpc) is 2.79. The van der Waals surface area contributed by atoms with Gasteiger partial charge in [0.25, 0.3) is 0 Å². The maximum absolute atomic E-state index is 11.1. The molecule has 2 aromatic rings. The van der Waals surface area contributed by atoms with Crippen LogP contribution in [0.4, 0.5) is 5.13 Å². The van der Waals surface area contributed by atoms with E-state index in [-0.39, 0.29) is 5.91 Å². The van der Waals surface area contributed by atoms with E-state index in [2.05, 4.69) is 53.3 Å². The van der Waals surface area contributed by atoms with Crippen LogP contribution in [0.2, 0.25) is 0 Å². The Hall–Kier alpha value is -2.01. The van der Waals surface area contributed by atoms with Crippen molar-refractivity contribution in [1.82, 2.24) is 10.2 Å². The first kappa shape index (κ1) is 12.4. The Bertz CT molecular complexity index is 560. The van der Waals surface area contributed by atoms with Gasteiger partial charge in [0, 0.05) is 6.42 Å². The quantitative estimate of drug-likeness (QED) is 0.858. The van der Waals surface area contributed by atoms with E-state index in [1.165, 1.54) is 28.5 Å². The summed E-state index contributed by atoms with van der Waals surface area (Å²) in [6.07, 6.45) is 1.93. The molecule has 1 amide bonds. The van der Waals surface area contributed by atoms with E-state index in [1.54, 1.807) is 0 Å². The van der Waals surface area contributed by atoms with Crippen molar-refractivity contribution in [3.8, 4) is 0 Å². The topological polar surface area (TPSA) is 54.9 Å². The Morgan fingerprint density at radius 1 is 1.39 bits per heavy atom. The number of nitrogens with one attached hydrogen (secondary N) is 1. The maximum atomic E-state index is 11.1. The molecule has 0 radical (unpaired) electrons. The summed E-state index contributed by atoms with van der Waals surface area (Å²) in [6.45, 7) is 5.44. The molecule has 0 bridgehead atoms. The van der Waals surface area contributed by atoms with E-state index in [0.29, 0.717) is 5.13 Å². The molecule has 1 aromatic carbocycles. The van der Waals surface area contributed by atoms with Gasteiger partial charge in [0.1, 0.15) is 5.01 Å². The lowest BCUT2D eigenvalue weighted by Gasteiger charge is -1.97. The molecular weight excluding hydrogens is 246 g/mol. The highest BCUT2D eigenvalue weighted by molar-refractivity contribution is 7.15. The van der Waals surface area contributed by atoms with Gasteiger partial charge in [-0.05, 0) is 18.6 Å². The molecule has 0 saturated heterocycles. The molecule has 0 spiro atoms. The first-order valence-electron chi connectivity index (χ1n) is 5.48. The number of aromatic nitrogens is 2. The average molecular weight is 259 g/mol. The van der Waals surface area contributed by atoms with E-state index in [4.69, 9.17) is 0 Å². The summed E-state index contributed by atoms with van der Waals surface area (Å²) in [4.78, 5) is 11.1. The summed E-state index contributed by atoms with van der Waals surface area (Å²) in [7, 11) is 0. The van der Waals surface area contributed by atoms with Crippen molar-refractivity contribution in [3.63, 3.8) is 0 Å². The highest BCUT2D eigenvalue weighted by atomic mass is 32.1. The van der Waals surface area contributed by atoms with Crippen LogP contribution in [0.3, 0.4) is 0 Å². The van der Waals surface area contributed by atoms with Gasteiger partial charge in [0.2, 0.25) is 11.0 Å².